The summed E-state index contributed by atoms with van der Waals surface area (Å²) in [7, 11) is -0.355. The Kier molecular flexibility index (Phi) is 4.64. The Balaban J connectivity index is 1.92. The van der Waals surface area contributed by atoms with Crippen molar-refractivity contribution in [2.45, 2.75) is 29.1 Å². The molecule has 0 aromatic carbocycles. The lowest BCUT2D eigenvalue weighted by Gasteiger charge is -2.39. The van der Waals surface area contributed by atoms with Crippen LogP contribution < -0.4 is 4.72 Å². The minimum absolute atomic E-state index is 0.0375. The van der Waals surface area contributed by atoms with Crippen molar-refractivity contribution in [2.24, 2.45) is 7.05 Å². The Bertz CT molecular complexity index is 941. The van der Waals surface area contributed by atoms with Crippen molar-refractivity contribution in [3.63, 3.8) is 0 Å². The van der Waals surface area contributed by atoms with Crippen molar-refractivity contribution < 1.29 is 13.2 Å². The molecule has 1 N–H and O–H groups in total. The maximum absolute atomic E-state index is 12.7. The summed E-state index contributed by atoms with van der Waals surface area (Å²) in [5.41, 5.74) is 0.757. The van der Waals surface area contributed by atoms with Gasteiger partial charge in [-0.3, -0.25) is 9.48 Å². The largest absolute Gasteiger partial charge is 0.336 e. The van der Waals surface area contributed by atoms with E-state index in [0.717, 1.165) is 17.0 Å². The number of carbonyl (C=O) groups excluding carboxylic acids is 1. The molecule has 1 fully saturated rings. The summed E-state index contributed by atoms with van der Waals surface area (Å²) >= 11 is 0.922. The Morgan fingerprint density at radius 3 is 2.72 bits per heavy atom. The van der Waals surface area contributed by atoms with Crippen molar-refractivity contribution in [1.82, 2.24) is 19.4 Å². The molecule has 1 aliphatic rings. The molecule has 1 saturated heterocycles. The number of amides is 1. The number of carbonyl (C=O) groups is 1. The molecule has 2 aromatic heterocycles. The van der Waals surface area contributed by atoms with Crippen LogP contribution in [-0.4, -0.2) is 42.1 Å². The van der Waals surface area contributed by atoms with Crippen LogP contribution in [0, 0.1) is 11.3 Å². The van der Waals surface area contributed by atoms with Crippen LogP contribution in [0.4, 0.5) is 0 Å². The molecule has 1 amide bonds. The van der Waals surface area contributed by atoms with E-state index in [1.54, 1.807) is 35.9 Å². The lowest BCUT2D eigenvalue weighted by molar-refractivity contribution is -0.135. The van der Waals surface area contributed by atoms with E-state index in [4.69, 9.17) is 5.26 Å². The highest BCUT2D eigenvalue weighted by Crippen LogP contribution is 2.32. The average Bonchev–Trinajstić information content (AvgIpc) is 3.20. The molecule has 10 heteroatoms. The number of thiophene rings is 1. The fourth-order valence-electron chi connectivity index (χ4n) is 3.02. The van der Waals surface area contributed by atoms with Gasteiger partial charge in [0.05, 0.1) is 11.7 Å². The predicted molar refractivity (Wildman–Crippen MR) is 91.1 cm³/mol. The molecule has 0 spiro atoms. The van der Waals surface area contributed by atoms with Crippen LogP contribution in [0.3, 0.4) is 0 Å². The van der Waals surface area contributed by atoms with Crippen LogP contribution in [0.1, 0.15) is 29.5 Å². The normalized spacial score (nSPS) is 21.3. The number of sulfonamides is 1. The van der Waals surface area contributed by atoms with E-state index < -0.39 is 22.1 Å². The lowest BCUT2D eigenvalue weighted by Crippen LogP contribution is -2.51. The number of likely N-dealkylation sites (tertiary alicyclic amines) is 1. The van der Waals surface area contributed by atoms with E-state index >= 15 is 0 Å². The molecule has 2 aromatic rings. The van der Waals surface area contributed by atoms with Gasteiger partial charge in [-0.1, -0.05) is 0 Å². The molecule has 8 nitrogen and oxygen atoms in total. The molecular formula is C15H17N5O3S2. The number of hydrogen-bond donors (Lipinski definition) is 1. The second-order valence-electron chi connectivity index (χ2n) is 5.83. The molecule has 0 radical (unpaired) electrons. The van der Waals surface area contributed by atoms with Gasteiger partial charge in [0.25, 0.3) is 0 Å². The smallest absolute Gasteiger partial charge is 0.250 e. The SMILES string of the molecule is CN1C(=O)CC[C@@H](NS(=O)(=O)c2ccc(C#N)s2)[C@@H]1c1ccnn1C. The first-order valence-electron chi connectivity index (χ1n) is 7.59. The van der Waals surface area contributed by atoms with Crippen molar-refractivity contribution in [2.75, 3.05) is 7.05 Å². The summed E-state index contributed by atoms with van der Waals surface area (Å²) in [4.78, 5) is 14.0. The lowest BCUT2D eigenvalue weighted by atomic mass is 9.94. The minimum Gasteiger partial charge on any atom is -0.336 e. The van der Waals surface area contributed by atoms with Crippen LogP contribution in [0.5, 0.6) is 0 Å². The van der Waals surface area contributed by atoms with Gasteiger partial charge in [-0.15, -0.1) is 11.3 Å². The number of nitriles is 1. The fraction of sp³-hybridized carbons (Fsp3) is 0.400. The van der Waals surface area contributed by atoms with Crippen LogP contribution in [0.15, 0.2) is 28.6 Å². The number of aromatic nitrogens is 2. The van der Waals surface area contributed by atoms with Crippen LogP contribution in [0.2, 0.25) is 0 Å². The van der Waals surface area contributed by atoms with Gasteiger partial charge in [-0.05, 0) is 24.6 Å². The average molecular weight is 379 g/mol. The van der Waals surface area contributed by atoms with Gasteiger partial charge >= 0.3 is 0 Å². The van der Waals surface area contributed by atoms with Crippen molar-refractivity contribution in [1.29, 1.82) is 5.26 Å². The number of nitrogens with one attached hydrogen (secondary N) is 1. The molecule has 0 saturated carbocycles. The molecule has 2 atom stereocenters. The first-order valence-corrected chi connectivity index (χ1v) is 9.89. The topological polar surface area (TPSA) is 108 Å². The third-order valence-electron chi connectivity index (χ3n) is 4.29. The van der Waals surface area contributed by atoms with Crippen LogP contribution >= 0.6 is 11.3 Å². The van der Waals surface area contributed by atoms with Gasteiger partial charge in [0.1, 0.15) is 15.2 Å². The molecular weight excluding hydrogens is 362 g/mol. The molecule has 0 unspecified atom stereocenters. The molecule has 25 heavy (non-hydrogen) atoms. The van der Waals surface area contributed by atoms with Gasteiger partial charge in [0.15, 0.2) is 0 Å². The summed E-state index contributed by atoms with van der Waals surface area (Å²) in [6.45, 7) is 0. The van der Waals surface area contributed by atoms with E-state index in [2.05, 4.69) is 9.82 Å². The molecule has 3 rings (SSSR count). The van der Waals surface area contributed by atoms with Gasteiger partial charge < -0.3 is 4.90 Å². The quantitative estimate of drug-likeness (QED) is 0.852. The summed E-state index contributed by atoms with van der Waals surface area (Å²) in [5.74, 6) is -0.0375. The molecule has 0 aliphatic carbocycles. The predicted octanol–water partition coefficient (Wildman–Crippen LogP) is 0.994. The zero-order valence-corrected chi connectivity index (χ0v) is 15.3. The Labute approximate surface area is 149 Å². The Morgan fingerprint density at radius 2 is 2.12 bits per heavy atom. The first kappa shape index (κ1) is 17.6. The van der Waals surface area contributed by atoms with E-state index in [1.165, 1.54) is 12.1 Å². The number of hydrogen-bond acceptors (Lipinski definition) is 6. The van der Waals surface area contributed by atoms with Crippen molar-refractivity contribution in [3.8, 4) is 6.07 Å². The second kappa shape index (κ2) is 6.59. The highest BCUT2D eigenvalue weighted by Gasteiger charge is 2.38. The van der Waals surface area contributed by atoms with E-state index in [9.17, 15) is 13.2 Å². The molecule has 3 heterocycles. The summed E-state index contributed by atoms with van der Waals surface area (Å²) in [5, 5.41) is 13.0. The standard InChI is InChI=1S/C15H17N5O3S2/c1-19-13(21)5-4-11(15(19)12-7-8-17-20(12)2)18-25(22,23)14-6-3-10(9-16)24-14/h3,6-8,11,15,18H,4-5H2,1-2H3/t11-,15-/m1/s1. The zero-order valence-electron chi connectivity index (χ0n) is 13.7. The summed E-state index contributed by atoms with van der Waals surface area (Å²) < 4.78 is 29.8. The number of nitrogens with zero attached hydrogens (tertiary/aromatic N) is 4. The fourth-order valence-corrected chi connectivity index (χ4v) is 5.42. The molecule has 1 aliphatic heterocycles. The van der Waals surface area contributed by atoms with Gasteiger partial charge in [-0.2, -0.15) is 10.4 Å². The van der Waals surface area contributed by atoms with E-state index in [1.807, 2.05) is 6.07 Å². The Morgan fingerprint density at radius 1 is 1.36 bits per heavy atom. The summed E-state index contributed by atoms with van der Waals surface area (Å²) in [6.07, 6.45) is 2.28. The van der Waals surface area contributed by atoms with Crippen molar-refractivity contribution >= 4 is 27.3 Å². The Hall–Kier alpha value is -2.22. The van der Waals surface area contributed by atoms with Gasteiger partial charge in [0.2, 0.25) is 15.9 Å². The molecule has 0 bridgehead atoms. The van der Waals surface area contributed by atoms with Crippen LogP contribution in [-0.2, 0) is 21.9 Å². The highest BCUT2D eigenvalue weighted by molar-refractivity contribution is 7.91. The number of likely N-dealkylation sites (N-methyl/N-ethyl adjacent to an activating group) is 1. The third kappa shape index (κ3) is 3.30. The van der Waals surface area contributed by atoms with Crippen LogP contribution in [0.25, 0.3) is 0 Å². The highest BCUT2D eigenvalue weighted by atomic mass is 32.2. The number of aryl methyl sites for hydroxylation is 1. The third-order valence-corrected chi connectivity index (χ3v) is 7.26. The maximum Gasteiger partial charge on any atom is 0.250 e. The van der Waals surface area contributed by atoms with Crippen molar-refractivity contribution in [3.05, 3.63) is 35.0 Å². The molecule has 132 valence electrons. The summed E-state index contributed by atoms with van der Waals surface area (Å²) in [6, 6.07) is 5.69. The minimum atomic E-state index is -3.78. The van der Waals surface area contributed by atoms with Gasteiger partial charge in [0, 0.05) is 32.8 Å². The first-order chi connectivity index (χ1) is 11.8. The van der Waals surface area contributed by atoms with E-state index in [-0.39, 0.29) is 16.5 Å². The van der Waals surface area contributed by atoms with E-state index in [0.29, 0.717) is 11.3 Å². The second-order valence-corrected chi connectivity index (χ2v) is 8.85. The van der Waals surface area contributed by atoms with Gasteiger partial charge in [-0.25, -0.2) is 13.1 Å². The zero-order chi connectivity index (χ0) is 18.2. The maximum atomic E-state index is 12.7. The number of piperidine rings is 1. The number of rotatable bonds is 4. The monoisotopic (exact) mass is 379 g/mol.